The van der Waals surface area contributed by atoms with Gasteiger partial charge < -0.3 is 14.6 Å². The molecule has 4 rings (SSSR count). The molecule has 0 saturated heterocycles. The molecule has 0 bridgehead atoms. The lowest BCUT2D eigenvalue weighted by molar-refractivity contribution is -0.259. The molecule has 14 heteroatoms. The van der Waals surface area contributed by atoms with Gasteiger partial charge in [-0.3, -0.25) is 14.1 Å². The van der Waals surface area contributed by atoms with Crippen LogP contribution in [0, 0.1) is 46.3 Å². The van der Waals surface area contributed by atoms with Crippen LogP contribution in [-0.2, 0) is 29.2 Å². The van der Waals surface area contributed by atoms with Crippen LogP contribution in [0.2, 0.25) is 0 Å². The van der Waals surface area contributed by atoms with E-state index in [1.165, 1.54) is 0 Å². The summed E-state index contributed by atoms with van der Waals surface area (Å²) in [5.74, 6) is -0.730. The van der Waals surface area contributed by atoms with Crippen LogP contribution < -0.4 is 0 Å². The predicted octanol–water partition coefficient (Wildman–Crippen LogP) is 5.53. The summed E-state index contributed by atoms with van der Waals surface area (Å²) in [5, 5.41) is 5.87. The molecule has 4 saturated carbocycles. The first kappa shape index (κ1) is 33.4. The van der Waals surface area contributed by atoms with Gasteiger partial charge in [0, 0.05) is 6.42 Å². The highest BCUT2D eigenvalue weighted by Crippen LogP contribution is 2.68. The molecular weight excluding hydrogens is 591 g/mol. The van der Waals surface area contributed by atoms with Crippen molar-refractivity contribution in [2.45, 2.75) is 115 Å². The van der Waals surface area contributed by atoms with Crippen molar-refractivity contribution < 1.29 is 59.1 Å². The van der Waals surface area contributed by atoms with Crippen LogP contribution in [0.4, 0.5) is 22.0 Å². The SMILES string of the molecule is C[C@H](CCC(=O)OC(C(F)(F)F)C(F)(F)S(=O)(=O)O)[C@H]1CC[C@H]2[C@@H]3CCC4C[C@H](OC=O)CC[C@]4(C)[C@H]3C[C@H](O)[C@]12C. The van der Waals surface area contributed by atoms with Gasteiger partial charge in [0.2, 0.25) is 0 Å². The van der Waals surface area contributed by atoms with Crippen molar-refractivity contribution in [3.63, 3.8) is 0 Å². The number of hydrogen-bond acceptors (Lipinski definition) is 7. The van der Waals surface area contributed by atoms with E-state index in [4.69, 9.17) is 9.29 Å². The van der Waals surface area contributed by atoms with Crippen LogP contribution in [-0.4, -0.2) is 60.3 Å². The van der Waals surface area contributed by atoms with E-state index in [0.717, 1.165) is 44.9 Å². The van der Waals surface area contributed by atoms with Crippen LogP contribution in [0.1, 0.15) is 85.0 Å². The van der Waals surface area contributed by atoms with Gasteiger partial charge in [0.1, 0.15) is 6.10 Å². The van der Waals surface area contributed by atoms with Gasteiger partial charge >= 0.3 is 27.5 Å². The summed E-state index contributed by atoms with van der Waals surface area (Å²) in [4.78, 5) is 23.1. The highest BCUT2D eigenvalue weighted by Gasteiger charge is 2.66. The quantitative estimate of drug-likeness (QED) is 0.147. The maximum atomic E-state index is 13.8. The third-order valence-electron chi connectivity index (χ3n) is 11.7. The largest absolute Gasteiger partial charge is 0.465 e. The summed E-state index contributed by atoms with van der Waals surface area (Å²) < 4.78 is 107. The number of aliphatic hydroxyl groups is 1. The van der Waals surface area contributed by atoms with Crippen molar-refractivity contribution >= 4 is 22.6 Å². The highest BCUT2D eigenvalue weighted by molar-refractivity contribution is 7.86. The molecule has 0 amide bonds. The van der Waals surface area contributed by atoms with E-state index in [-0.39, 0.29) is 35.7 Å². The number of carbonyl (C=O) groups excluding carboxylic acids is 2. The third-order valence-corrected chi connectivity index (χ3v) is 12.6. The van der Waals surface area contributed by atoms with E-state index in [9.17, 15) is 45.1 Å². The lowest BCUT2D eigenvalue weighted by Gasteiger charge is -2.62. The van der Waals surface area contributed by atoms with Crippen molar-refractivity contribution in [2.24, 2.45) is 46.3 Å². The molecule has 0 aromatic carbocycles. The Bertz CT molecular complexity index is 1130. The minimum Gasteiger partial charge on any atom is -0.465 e. The van der Waals surface area contributed by atoms with E-state index < -0.39 is 51.6 Å². The summed E-state index contributed by atoms with van der Waals surface area (Å²) in [6.45, 7) is 6.66. The molecular formula is C28H41F5O8S. The second kappa shape index (κ2) is 11.4. The molecule has 2 unspecified atom stereocenters. The lowest BCUT2D eigenvalue weighted by Crippen LogP contribution is -2.58. The van der Waals surface area contributed by atoms with Crippen LogP contribution >= 0.6 is 0 Å². The van der Waals surface area contributed by atoms with Gasteiger partial charge in [-0.25, -0.2) is 0 Å². The number of aliphatic hydroxyl groups excluding tert-OH is 1. The molecule has 8 nitrogen and oxygen atoms in total. The van der Waals surface area contributed by atoms with Gasteiger partial charge in [0.05, 0.1) is 6.10 Å². The van der Waals surface area contributed by atoms with Crippen molar-refractivity contribution in [2.75, 3.05) is 0 Å². The third kappa shape index (κ3) is 5.68. The fraction of sp³-hybridized carbons (Fsp3) is 0.929. The first-order chi connectivity index (χ1) is 19.3. The molecule has 0 aromatic rings. The number of rotatable bonds is 9. The van der Waals surface area contributed by atoms with Crippen molar-refractivity contribution in [3.05, 3.63) is 0 Å². The molecule has 0 aliphatic heterocycles. The number of carbonyl (C=O) groups is 2. The van der Waals surface area contributed by atoms with Crippen LogP contribution in [0.3, 0.4) is 0 Å². The van der Waals surface area contributed by atoms with Crippen molar-refractivity contribution in [3.8, 4) is 0 Å². The molecule has 4 fully saturated rings. The fourth-order valence-corrected chi connectivity index (χ4v) is 10.00. The van der Waals surface area contributed by atoms with Gasteiger partial charge in [-0.1, -0.05) is 20.8 Å². The lowest BCUT2D eigenvalue weighted by atomic mass is 9.43. The molecule has 4 aliphatic rings. The zero-order valence-electron chi connectivity index (χ0n) is 24.0. The number of alkyl halides is 5. The summed E-state index contributed by atoms with van der Waals surface area (Å²) in [6.07, 6.45) is -5.00. The van der Waals surface area contributed by atoms with Gasteiger partial charge in [-0.05, 0) is 104 Å². The van der Waals surface area contributed by atoms with Gasteiger partial charge in [0.15, 0.2) is 0 Å². The Morgan fingerprint density at radius 1 is 1.05 bits per heavy atom. The standard InChI is InChI=1S/C28H41F5O8S/c1-15(4-9-23(36)41-24(27(29,30)31)28(32,33)42(37,38)39)19-7-8-20-18-6-5-16-12-17(40-14-34)10-11-25(16,2)21(18)13-22(35)26(19,20)3/h14-22,24,35H,4-13H2,1-3H3,(H,37,38,39)/t15-,16?,17-,18+,19-,20+,21+,22+,24?,25+,26-/m1/s1. The Morgan fingerprint density at radius 2 is 1.71 bits per heavy atom. The summed E-state index contributed by atoms with van der Waals surface area (Å²) in [5.41, 5.74) is -0.488. The number of fused-ring (bicyclic) bond motifs is 5. The smallest absolute Gasteiger partial charge is 0.432 e. The number of ether oxygens (including phenoxy) is 2. The molecule has 0 radical (unpaired) electrons. The van der Waals surface area contributed by atoms with Gasteiger partial charge in [-0.2, -0.15) is 30.4 Å². The Hall–Kier alpha value is -1.54. The average molecular weight is 633 g/mol. The maximum absolute atomic E-state index is 13.8. The summed E-state index contributed by atoms with van der Waals surface area (Å²) in [6, 6.07) is 0. The monoisotopic (exact) mass is 632 g/mol. The number of hydrogen-bond donors (Lipinski definition) is 2. The Morgan fingerprint density at radius 3 is 2.31 bits per heavy atom. The second-order valence-corrected chi connectivity index (χ2v) is 15.0. The van der Waals surface area contributed by atoms with Crippen LogP contribution in [0.15, 0.2) is 0 Å². The molecule has 0 aromatic heterocycles. The molecule has 0 spiro atoms. The Kier molecular flexibility index (Phi) is 9.08. The minimum absolute atomic E-state index is 0.00738. The summed E-state index contributed by atoms with van der Waals surface area (Å²) in [7, 11) is -6.51. The summed E-state index contributed by atoms with van der Waals surface area (Å²) >= 11 is 0. The van der Waals surface area contributed by atoms with E-state index in [1.54, 1.807) is 0 Å². The van der Waals surface area contributed by atoms with E-state index in [0.29, 0.717) is 30.6 Å². The van der Waals surface area contributed by atoms with Crippen LogP contribution in [0.5, 0.6) is 0 Å². The predicted molar refractivity (Wildman–Crippen MR) is 138 cm³/mol. The van der Waals surface area contributed by atoms with E-state index in [2.05, 4.69) is 11.7 Å². The topological polar surface area (TPSA) is 127 Å². The molecule has 11 atom stereocenters. The minimum atomic E-state index is -6.51. The highest BCUT2D eigenvalue weighted by atomic mass is 32.2. The second-order valence-electron chi connectivity index (χ2n) is 13.6. The molecule has 0 heterocycles. The molecule has 2 N–H and O–H groups in total. The first-order valence-electron chi connectivity index (χ1n) is 14.7. The molecule has 42 heavy (non-hydrogen) atoms. The van der Waals surface area contributed by atoms with Crippen LogP contribution in [0.25, 0.3) is 0 Å². The van der Waals surface area contributed by atoms with Gasteiger partial charge in [-0.15, -0.1) is 0 Å². The maximum Gasteiger partial charge on any atom is 0.432 e. The van der Waals surface area contributed by atoms with Crippen molar-refractivity contribution in [1.82, 2.24) is 0 Å². The normalized spacial score (nSPS) is 40.2. The zero-order chi connectivity index (χ0) is 31.5. The fourth-order valence-electron chi connectivity index (χ4n) is 9.54. The Balaban J connectivity index is 1.43. The van der Waals surface area contributed by atoms with Gasteiger partial charge in [0.25, 0.3) is 12.6 Å². The Labute approximate surface area is 242 Å². The zero-order valence-corrected chi connectivity index (χ0v) is 24.8. The van der Waals surface area contributed by atoms with E-state index in [1.807, 2.05) is 13.8 Å². The number of esters is 1. The van der Waals surface area contributed by atoms with E-state index >= 15 is 0 Å². The molecule has 242 valence electrons. The molecule has 4 aliphatic carbocycles. The number of halogens is 5. The van der Waals surface area contributed by atoms with Crippen molar-refractivity contribution in [1.29, 1.82) is 0 Å². The first-order valence-corrected chi connectivity index (χ1v) is 16.1. The average Bonchev–Trinajstić information content (AvgIpc) is 3.24.